The van der Waals surface area contributed by atoms with Crippen LogP contribution in [0.3, 0.4) is 0 Å². The molecule has 0 saturated heterocycles. The molecule has 162 valence electrons. The lowest BCUT2D eigenvalue weighted by Gasteiger charge is -2.37. The van der Waals surface area contributed by atoms with Crippen LogP contribution in [0.1, 0.15) is 31.8 Å². The predicted molar refractivity (Wildman–Crippen MR) is 126 cm³/mol. The van der Waals surface area contributed by atoms with Gasteiger partial charge < -0.3 is 5.32 Å². The van der Waals surface area contributed by atoms with Gasteiger partial charge in [0.1, 0.15) is 0 Å². The molecule has 1 heterocycles. The first-order valence-corrected chi connectivity index (χ1v) is 11.1. The third kappa shape index (κ3) is 2.32. The van der Waals surface area contributed by atoms with E-state index in [0.29, 0.717) is 44.9 Å². The van der Waals surface area contributed by atoms with E-state index in [1.807, 2.05) is 0 Å². The summed E-state index contributed by atoms with van der Waals surface area (Å²) < 4.78 is 0. The van der Waals surface area contributed by atoms with Crippen LogP contribution in [0.4, 0.5) is 11.4 Å². The first-order valence-electron chi connectivity index (χ1n) is 11.1. The minimum absolute atomic E-state index is 0.0779. The molecular formula is C28H16N2O4. The fourth-order valence-electron chi connectivity index (χ4n) is 5.55. The van der Waals surface area contributed by atoms with Crippen molar-refractivity contribution in [2.45, 2.75) is 6.04 Å². The fraction of sp³-hybridized carbons (Fsp3) is 0.107. The molecule has 3 atom stereocenters. The van der Waals surface area contributed by atoms with Gasteiger partial charge in [0, 0.05) is 27.8 Å². The summed E-state index contributed by atoms with van der Waals surface area (Å²) in [5.74, 6) is -1.65. The van der Waals surface area contributed by atoms with Crippen molar-refractivity contribution in [1.29, 1.82) is 0 Å². The molecule has 1 N–H and O–H groups in total. The van der Waals surface area contributed by atoms with Gasteiger partial charge in [0.2, 0.25) is 0 Å². The zero-order chi connectivity index (χ0) is 23.1. The Bertz CT molecular complexity index is 1570. The van der Waals surface area contributed by atoms with Crippen molar-refractivity contribution in [2.24, 2.45) is 16.8 Å². The van der Waals surface area contributed by atoms with Gasteiger partial charge in [-0.2, -0.15) is 0 Å². The van der Waals surface area contributed by atoms with Crippen LogP contribution in [0.2, 0.25) is 0 Å². The molecule has 0 bridgehead atoms. The average molecular weight is 444 g/mol. The highest BCUT2D eigenvalue weighted by Gasteiger charge is 2.46. The van der Waals surface area contributed by atoms with Gasteiger partial charge in [-0.25, -0.2) is 4.99 Å². The lowest BCUT2D eigenvalue weighted by Crippen LogP contribution is -2.46. The van der Waals surface area contributed by atoms with E-state index in [0.717, 1.165) is 0 Å². The van der Waals surface area contributed by atoms with Crippen molar-refractivity contribution < 1.29 is 19.2 Å². The third-order valence-electron chi connectivity index (χ3n) is 7.17. The quantitative estimate of drug-likeness (QED) is 0.571. The maximum Gasteiger partial charge on any atom is 0.196 e. The minimum atomic E-state index is -0.594. The number of anilines is 1. The Balaban J connectivity index is 1.37. The number of aliphatic imine (C=N–C) groups is 1. The fourth-order valence-corrected chi connectivity index (χ4v) is 5.55. The van der Waals surface area contributed by atoms with E-state index in [1.165, 1.54) is 0 Å². The molecule has 0 saturated carbocycles. The maximum atomic E-state index is 13.4. The third-order valence-corrected chi connectivity index (χ3v) is 7.17. The van der Waals surface area contributed by atoms with Gasteiger partial charge in [0.05, 0.1) is 40.5 Å². The van der Waals surface area contributed by atoms with Crippen LogP contribution in [0.25, 0.3) is 0 Å². The Labute approximate surface area is 194 Å². The van der Waals surface area contributed by atoms with Crippen LogP contribution in [0.15, 0.2) is 89.0 Å². The molecule has 6 heteroatoms. The number of rotatable bonds is 0. The maximum absolute atomic E-state index is 13.4. The number of nitrogens with one attached hydrogen (secondary N) is 1. The Hall–Kier alpha value is -4.45. The number of carbonyl (C=O) groups is 4. The van der Waals surface area contributed by atoms with E-state index in [2.05, 4.69) is 5.32 Å². The largest absolute Gasteiger partial charge is 0.371 e. The van der Waals surface area contributed by atoms with Gasteiger partial charge in [0.15, 0.2) is 23.1 Å². The molecule has 34 heavy (non-hydrogen) atoms. The van der Waals surface area contributed by atoms with E-state index in [-0.39, 0.29) is 28.7 Å². The SMILES string of the molecule is O=C1c2ccccc2C(=O)c2c1ccc1c2N=C2C=CC3=C(C(=O)C4C=CC=CC4C3=O)C2N1. The summed E-state index contributed by atoms with van der Waals surface area (Å²) in [5.41, 5.74) is 3.61. The van der Waals surface area contributed by atoms with Gasteiger partial charge >= 0.3 is 0 Å². The second-order valence-electron chi connectivity index (χ2n) is 8.91. The first-order chi connectivity index (χ1) is 16.5. The average Bonchev–Trinajstić information content (AvgIpc) is 2.88. The number of Topliss-reactive ketones (excluding diaryl/α,β-unsaturated/α-hetero) is 2. The summed E-state index contributed by atoms with van der Waals surface area (Å²) in [6, 6.07) is 9.53. The van der Waals surface area contributed by atoms with Crippen LogP contribution < -0.4 is 5.32 Å². The number of allylic oxidation sites excluding steroid dienone is 6. The molecule has 4 aliphatic carbocycles. The van der Waals surface area contributed by atoms with Gasteiger partial charge in [-0.1, -0.05) is 48.6 Å². The lowest BCUT2D eigenvalue weighted by atomic mass is 9.68. The molecule has 2 aromatic rings. The zero-order valence-corrected chi connectivity index (χ0v) is 17.7. The van der Waals surface area contributed by atoms with Crippen LogP contribution in [0.5, 0.6) is 0 Å². The molecule has 7 rings (SSSR count). The number of hydrogen-bond donors (Lipinski definition) is 1. The summed E-state index contributed by atoms with van der Waals surface area (Å²) >= 11 is 0. The summed E-state index contributed by atoms with van der Waals surface area (Å²) in [4.78, 5) is 57.8. The van der Waals surface area contributed by atoms with E-state index in [1.54, 1.807) is 72.9 Å². The Morgan fingerprint density at radius 1 is 0.735 bits per heavy atom. The number of nitrogens with zero attached hydrogens (tertiary/aromatic N) is 1. The Kier molecular flexibility index (Phi) is 3.67. The molecule has 3 unspecified atom stereocenters. The van der Waals surface area contributed by atoms with Crippen molar-refractivity contribution in [2.75, 3.05) is 5.32 Å². The summed E-state index contributed by atoms with van der Waals surface area (Å²) in [6.45, 7) is 0. The standard InChI is InChI=1S/C28H16N2O4/c31-25-13-5-1-3-7-15(13)27(33)21-17(25)9-11-19-23(21)29-20-12-10-18-22(24(20)30-19)28(34)16-8-4-2-6-14(16)26(18)32/h1-13,15,23,29H. The molecule has 0 spiro atoms. The molecule has 0 aromatic heterocycles. The lowest BCUT2D eigenvalue weighted by molar-refractivity contribution is -0.127. The van der Waals surface area contributed by atoms with Crippen LogP contribution >= 0.6 is 0 Å². The monoisotopic (exact) mass is 444 g/mol. The molecular weight excluding hydrogens is 428 g/mol. The molecule has 0 fully saturated rings. The number of ketones is 4. The summed E-state index contributed by atoms with van der Waals surface area (Å²) in [7, 11) is 0. The topological polar surface area (TPSA) is 92.7 Å². The molecule has 1 aliphatic heterocycles. The Morgan fingerprint density at radius 3 is 2.21 bits per heavy atom. The van der Waals surface area contributed by atoms with E-state index < -0.39 is 17.9 Å². The highest BCUT2D eigenvalue weighted by atomic mass is 16.1. The van der Waals surface area contributed by atoms with Crippen molar-refractivity contribution in [3.8, 4) is 0 Å². The normalized spacial score (nSPS) is 25.5. The van der Waals surface area contributed by atoms with E-state index >= 15 is 0 Å². The predicted octanol–water partition coefficient (Wildman–Crippen LogP) is 3.71. The van der Waals surface area contributed by atoms with Gasteiger partial charge in [-0.3, -0.25) is 19.2 Å². The summed E-state index contributed by atoms with van der Waals surface area (Å²) in [6.07, 6.45) is 10.5. The van der Waals surface area contributed by atoms with Crippen LogP contribution in [0, 0.1) is 11.8 Å². The smallest absolute Gasteiger partial charge is 0.196 e. The molecule has 2 aromatic carbocycles. The van der Waals surface area contributed by atoms with Crippen LogP contribution in [-0.2, 0) is 9.59 Å². The summed E-state index contributed by atoms with van der Waals surface area (Å²) in [5, 5.41) is 3.34. The van der Waals surface area contributed by atoms with Crippen molar-refractivity contribution in [3.63, 3.8) is 0 Å². The van der Waals surface area contributed by atoms with Gasteiger partial charge in [0.25, 0.3) is 0 Å². The first kappa shape index (κ1) is 19.1. The molecule has 0 radical (unpaired) electrons. The number of carbonyl (C=O) groups excluding carboxylic acids is 4. The number of fused-ring (bicyclic) bond motifs is 7. The minimum Gasteiger partial charge on any atom is -0.371 e. The Morgan fingerprint density at radius 2 is 1.44 bits per heavy atom. The van der Waals surface area contributed by atoms with Gasteiger partial charge in [-0.15, -0.1) is 0 Å². The highest BCUT2D eigenvalue weighted by molar-refractivity contribution is 6.32. The van der Waals surface area contributed by atoms with Crippen molar-refractivity contribution in [1.82, 2.24) is 0 Å². The molecule has 6 nitrogen and oxygen atoms in total. The second-order valence-corrected chi connectivity index (χ2v) is 8.91. The number of hydrogen-bond acceptors (Lipinski definition) is 6. The van der Waals surface area contributed by atoms with Crippen molar-refractivity contribution in [3.05, 3.63) is 106 Å². The highest BCUT2D eigenvalue weighted by Crippen LogP contribution is 2.44. The zero-order valence-electron chi connectivity index (χ0n) is 17.7. The molecule has 0 amide bonds. The second kappa shape index (κ2) is 6.54. The van der Waals surface area contributed by atoms with Gasteiger partial charge in [-0.05, 0) is 24.3 Å². The van der Waals surface area contributed by atoms with Crippen LogP contribution in [-0.4, -0.2) is 34.9 Å². The van der Waals surface area contributed by atoms with E-state index in [4.69, 9.17) is 4.99 Å². The number of benzene rings is 2. The van der Waals surface area contributed by atoms with E-state index in [9.17, 15) is 19.2 Å². The van der Waals surface area contributed by atoms with Crippen molar-refractivity contribution >= 4 is 40.2 Å². The molecule has 5 aliphatic rings.